The summed E-state index contributed by atoms with van der Waals surface area (Å²) in [5.74, 6) is 0. The van der Waals surface area contributed by atoms with Crippen LogP contribution in [0.4, 0.5) is 0 Å². The molecule has 0 bridgehead atoms. The van der Waals surface area contributed by atoms with Crippen molar-refractivity contribution in [2.45, 2.75) is 20.3 Å². The van der Waals surface area contributed by atoms with Gasteiger partial charge in [-0.3, -0.25) is 0 Å². The molecule has 0 saturated carbocycles. The third kappa shape index (κ3) is 7.41. The van der Waals surface area contributed by atoms with E-state index >= 15 is 0 Å². The predicted octanol–water partition coefficient (Wildman–Crippen LogP) is 1.60. The Balaban J connectivity index is 3.20. The van der Waals surface area contributed by atoms with Gasteiger partial charge < -0.3 is 0 Å². The van der Waals surface area contributed by atoms with Crippen molar-refractivity contribution in [3.05, 3.63) is 6.92 Å². The molecular weight excluding hydrogens is 116 g/mol. The van der Waals surface area contributed by atoms with Gasteiger partial charge in [0.2, 0.25) is 0 Å². The number of rotatable bonds is 3. The molecule has 0 saturated heterocycles. The summed E-state index contributed by atoms with van der Waals surface area (Å²) in [5.41, 5.74) is -0.00312. The van der Waals surface area contributed by atoms with E-state index in [1.54, 1.807) is 0 Å². The molecule has 0 spiro atoms. The van der Waals surface area contributed by atoms with Crippen molar-refractivity contribution in [1.29, 1.82) is 0 Å². The van der Waals surface area contributed by atoms with Crippen LogP contribution >= 0.6 is 0 Å². The van der Waals surface area contributed by atoms with Gasteiger partial charge in [-0.25, -0.2) is 0 Å². The second-order valence-electron chi connectivity index (χ2n) is 2.85. The van der Waals surface area contributed by atoms with E-state index in [-0.39, 0.29) is 5.41 Å². The van der Waals surface area contributed by atoms with Crippen molar-refractivity contribution in [3.8, 4) is 6.33 Å². The molecule has 0 unspecified atom stereocenters. The summed E-state index contributed by atoms with van der Waals surface area (Å²) in [5, 5.41) is 0. The van der Waals surface area contributed by atoms with Gasteiger partial charge in [-0.15, -0.1) is 0 Å². The van der Waals surface area contributed by atoms with Gasteiger partial charge in [-0.05, 0) is 0 Å². The van der Waals surface area contributed by atoms with Crippen LogP contribution < -0.4 is 0 Å². The first-order valence-electron chi connectivity index (χ1n) is 2.90. The second-order valence-corrected chi connectivity index (χ2v) is 2.85. The van der Waals surface area contributed by atoms with Crippen LogP contribution in [0.5, 0.6) is 0 Å². The van der Waals surface area contributed by atoms with Crippen molar-refractivity contribution < 1.29 is 9.39 Å². The molecule has 0 rings (SSSR count). The molecule has 0 aliphatic heterocycles. The topological polar surface area (TPSA) is 29.1 Å². The Hall–Kier alpha value is -0.590. The first-order chi connectivity index (χ1) is 4.06. The molecule has 9 heavy (non-hydrogen) atoms. The molecule has 0 atom stereocenters. The summed E-state index contributed by atoms with van der Waals surface area (Å²) in [6.07, 6.45) is 2.14. The average Bonchev–Trinajstić information content (AvgIpc) is 1.63. The average molecular weight is 128 g/mol. The Bertz CT molecular complexity index is 105. The van der Waals surface area contributed by atoms with Crippen molar-refractivity contribution in [2.24, 2.45) is 5.41 Å². The fraction of sp³-hybridized carbons (Fsp3) is 0.714. The molecule has 2 nitrogen and oxygen atoms in total. The van der Waals surface area contributed by atoms with E-state index in [0.717, 1.165) is 6.42 Å². The molecule has 2 heteroatoms. The number of ether oxygens (including phenoxy) is 1. The van der Waals surface area contributed by atoms with Crippen molar-refractivity contribution in [2.75, 3.05) is 6.61 Å². The summed E-state index contributed by atoms with van der Waals surface area (Å²) in [6.45, 7) is 8.22. The standard InChI is InChI=1S/C7H12O2/c1-7(2,3)4-5-9-6-8/h1,4-5H2,2-3H3/q+2. The Morgan fingerprint density at radius 3 is 2.56 bits per heavy atom. The van der Waals surface area contributed by atoms with Gasteiger partial charge in [0.1, 0.15) is 0 Å². The number of hydrogen-bond donors (Lipinski definition) is 0. The summed E-state index contributed by atoms with van der Waals surface area (Å²) >= 11 is 0. The maximum atomic E-state index is 9.52. The molecule has 0 radical (unpaired) electrons. The molecule has 50 valence electrons. The SMILES string of the molecule is [CH2+]C(C)(C)CCOC#[O+]. The molecule has 0 fully saturated rings. The van der Waals surface area contributed by atoms with Gasteiger partial charge in [0.15, 0.2) is 0 Å². The Morgan fingerprint density at radius 1 is 1.67 bits per heavy atom. The minimum absolute atomic E-state index is 0.00312. The number of hydrogen-bond acceptors (Lipinski definition) is 1. The maximum absolute atomic E-state index is 9.52. The summed E-state index contributed by atoms with van der Waals surface area (Å²) < 4.78 is 13.9. The molecule has 0 aromatic carbocycles. The van der Waals surface area contributed by atoms with Crippen LogP contribution in [-0.2, 0) is 9.39 Å². The van der Waals surface area contributed by atoms with Gasteiger partial charge in [-0.1, -0.05) is 0 Å². The van der Waals surface area contributed by atoms with E-state index in [1.165, 1.54) is 6.33 Å². The van der Waals surface area contributed by atoms with E-state index in [0.29, 0.717) is 6.61 Å². The van der Waals surface area contributed by atoms with E-state index in [2.05, 4.69) is 11.7 Å². The van der Waals surface area contributed by atoms with Crippen LogP contribution in [0, 0.1) is 18.7 Å². The minimum atomic E-state index is -0.00312. The predicted molar refractivity (Wildman–Crippen MR) is 34.3 cm³/mol. The fourth-order valence-corrected chi connectivity index (χ4v) is 0.369. The van der Waals surface area contributed by atoms with Crippen molar-refractivity contribution >= 4 is 0 Å². The quantitative estimate of drug-likeness (QED) is 0.322. The Morgan fingerprint density at radius 2 is 2.22 bits per heavy atom. The Kier molecular flexibility index (Phi) is 3.21. The zero-order valence-electron chi connectivity index (χ0n) is 5.94. The molecule has 0 heterocycles. The zero-order valence-corrected chi connectivity index (χ0v) is 5.94. The third-order valence-electron chi connectivity index (χ3n) is 0.940. The van der Waals surface area contributed by atoms with E-state index in [9.17, 15) is 4.65 Å². The van der Waals surface area contributed by atoms with Crippen LogP contribution in [0.1, 0.15) is 20.3 Å². The monoisotopic (exact) mass is 128 g/mol. The van der Waals surface area contributed by atoms with Crippen LogP contribution in [0.15, 0.2) is 0 Å². The normalized spacial score (nSPS) is 10.3. The van der Waals surface area contributed by atoms with E-state index in [1.807, 2.05) is 13.8 Å². The summed E-state index contributed by atoms with van der Waals surface area (Å²) in [4.78, 5) is 0. The molecule has 0 amide bonds. The third-order valence-corrected chi connectivity index (χ3v) is 0.940. The molecule has 0 aromatic heterocycles. The molecular formula is C7H12O2+2. The first kappa shape index (κ1) is 8.41. The summed E-state index contributed by atoms with van der Waals surface area (Å²) in [7, 11) is 0. The molecule has 0 N–H and O–H groups in total. The van der Waals surface area contributed by atoms with E-state index in [4.69, 9.17) is 0 Å². The van der Waals surface area contributed by atoms with Gasteiger partial charge in [0, 0.05) is 0 Å². The second kappa shape index (κ2) is 3.44. The van der Waals surface area contributed by atoms with Gasteiger partial charge in [0.25, 0.3) is 0 Å². The van der Waals surface area contributed by atoms with Crippen molar-refractivity contribution in [3.63, 3.8) is 0 Å². The van der Waals surface area contributed by atoms with Crippen LogP contribution in [0.2, 0.25) is 0 Å². The van der Waals surface area contributed by atoms with Crippen molar-refractivity contribution in [1.82, 2.24) is 0 Å². The van der Waals surface area contributed by atoms with Crippen LogP contribution in [0.25, 0.3) is 0 Å². The summed E-state index contributed by atoms with van der Waals surface area (Å²) in [6, 6.07) is 0. The zero-order chi connectivity index (χ0) is 7.33. The molecule has 0 aliphatic carbocycles. The fourth-order valence-electron chi connectivity index (χ4n) is 0.369. The van der Waals surface area contributed by atoms with E-state index < -0.39 is 0 Å². The Labute approximate surface area is 55.9 Å². The molecule has 0 aliphatic rings. The van der Waals surface area contributed by atoms with Crippen LogP contribution in [-0.4, -0.2) is 6.61 Å². The molecule has 0 aromatic rings. The van der Waals surface area contributed by atoms with Gasteiger partial charge >= 0.3 is 54.9 Å². The van der Waals surface area contributed by atoms with Crippen LogP contribution in [0.3, 0.4) is 0 Å². The van der Waals surface area contributed by atoms with Gasteiger partial charge in [0.05, 0.1) is 0 Å². The first-order valence-corrected chi connectivity index (χ1v) is 2.90. The van der Waals surface area contributed by atoms with Gasteiger partial charge in [-0.2, -0.15) is 0 Å².